The lowest BCUT2D eigenvalue weighted by molar-refractivity contribution is -0.141. The van der Waals surface area contributed by atoms with Crippen molar-refractivity contribution in [2.24, 2.45) is 0 Å². The van der Waals surface area contributed by atoms with E-state index in [4.69, 9.17) is 9.47 Å². The molecule has 148 valence electrons. The van der Waals surface area contributed by atoms with Gasteiger partial charge in [-0.3, -0.25) is 9.59 Å². The van der Waals surface area contributed by atoms with Crippen molar-refractivity contribution in [1.29, 1.82) is 0 Å². The van der Waals surface area contributed by atoms with Crippen molar-refractivity contribution in [3.63, 3.8) is 0 Å². The molecule has 2 aromatic rings. The fraction of sp³-hybridized carbons (Fsp3) is 0.333. The lowest BCUT2D eigenvalue weighted by Crippen LogP contribution is -2.41. The minimum absolute atomic E-state index is 0.132. The second-order valence-electron chi connectivity index (χ2n) is 6.70. The first-order valence-electron chi connectivity index (χ1n) is 8.97. The minimum Gasteiger partial charge on any atom is -0.508 e. The van der Waals surface area contributed by atoms with Gasteiger partial charge < -0.3 is 24.6 Å². The molecule has 0 fully saturated rings. The van der Waals surface area contributed by atoms with Crippen LogP contribution in [0.3, 0.4) is 0 Å². The normalized spacial score (nSPS) is 15.6. The topological polar surface area (TPSA) is 96.3 Å². The number of rotatable bonds is 6. The van der Waals surface area contributed by atoms with E-state index in [0.717, 1.165) is 16.7 Å². The van der Waals surface area contributed by atoms with Crippen molar-refractivity contribution in [3.05, 3.63) is 53.1 Å². The fourth-order valence-electron chi connectivity index (χ4n) is 3.60. The van der Waals surface area contributed by atoms with Crippen LogP contribution in [0, 0.1) is 0 Å². The molecular formula is C21H23NO6. The molecule has 1 atom stereocenters. The highest BCUT2D eigenvalue weighted by Crippen LogP contribution is 2.39. The van der Waals surface area contributed by atoms with Gasteiger partial charge in [0.2, 0.25) is 5.91 Å². The number of carbonyl (C=O) groups excluding carboxylic acids is 1. The number of benzene rings is 2. The van der Waals surface area contributed by atoms with Crippen LogP contribution in [0.2, 0.25) is 0 Å². The average molecular weight is 385 g/mol. The fourth-order valence-corrected chi connectivity index (χ4v) is 3.60. The summed E-state index contributed by atoms with van der Waals surface area (Å²) in [7, 11) is 3.07. The molecule has 3 rings (SSSR count). The SMILES string of the molecule is COc1cc2c(cc1OC)C(CC(=O)O)N(C(=O)Cc1ccc(O)cc1)CC2. The summed E-state index contributed by atoms with van der Waals surface area (Å²) in [5.41, 5.74) is 2.48. The van der Waals surface area contributed by atoms with Gasteiger partial charge in [0, 0.05) is 6.54 Å². The molecule has 0 aromatic heterocycles. The van der Waals surface area contributed by atoms with Gasteiger partial charge in [0.05, 0.1) is 33.1 Å². The summed E-state index contributed by atoms with van der Waals surface area (Å²) in [5, 5.41) is 18.8. The highest BCUT2D eigenvalue weighted by Gasteiger charge is 2.33. The van der Waals surface area contributed by atoms with Crippen LogP contribution in [0.15, 0.2) is 36.4 Å². The molecule has 28 heavy (non-hydrogen) atoms. The molecular weight excluding hydrogens is 362 g/mol. The summed E-state index contributed by atoms with van der Waals surface area (Å²) in [6, 6.07) is 9.47. The van der Waals surface area contributed by atoms with Gasteiger partial charge >= 0.3 is 5.97 Å². The highest BCUT2D eigenvalue weighted by molar-refractivity contribution is 5.81. The third-order valence-electron chi connectivity index (χ3n) is 4.98. The van der Waals surface area contributed by atoms with Crippen LogP contribution < -0.4 is 9.47 Å². The van der Waals surface area contributed by atoms with Crippen molar-refractivity contribution < 1.29 is 29.3 Å². The Hall–Kier alpha value is -3.22. The monoisotopic (exact) mass is 385 g/mol. The van der Waals surface area contributed by atoms with Crippen molar-refractivity contribution in [2.45, 2.75) is 25.3 Å². The van der Waals surface area contributed by atoms with E-state index in [1.165, 1.54) is 19.2 Å². The molecule has 0 radical (unpaired) electrons. The number of amides is 1. The van der Waals surface area contributed by atoms with Crippen LogP contribution in [0.1, 0.15) is 29.2 Å². The second-order valence-corrected chi connectivity index (χ2v) is 6.70. The molecule has 7 nitrogen and oxygen atoms in total. The number of carboxylic acid groups (broad SMARTS) is 1. The van der Waals surface area contributed by atoms with E-state index >= 15 is 0 Å². The number of phenolic OH excluding ortho intramolecular Hbond substituents is 1. The summed E-state index contributed by atoms with van der Waals surface area (Å²) in [6.45, 7) is 0.428. The van der Waals surface area contributed by atoms with Crippen LogP contribution in [-0.2, 0) is 22.4 Å². The van der Waals surface area contributed by atoms with Crippen molar-refractivity contribution in [3.8, 4) is 17.2 Å². The molecule has 0 bridgehead atoms. The molecule has 2 aromatic carbocycles. The summed E-state index contributed by atoms with van der Waals surface area (Å²) >= 11 is 0. The number of aliphatic carboxylic acids is 1. The Bertz CT molecular complexity index is 877. The number of phenols is 1. The van der Waals surface area contributed by atoms with Gasteiger partial charge in [0.25, 0.3) is 0 Å². The molecule has 1 amide bonds. The van der Waals surface area contributed by atoms with Gasteiger partial charge in [0.1, 0.15) is 5.75 Å². The van der Waals surface area contributed by atoms with E-state index in [0.29, 0.717) is 24.5 Å². The first-order chi connectivity index (χ1) is 13.4. The Kier molecular flexibility index (Phi) is 5.73. The predicted octanol–water partition coefficient (Wildman–Crippen LogP) is 2.55. The van der Waals surface area contributed by atoms with Crippen molar-refractivity contribution in [1.82, 2.24) is 4.90 Å². The zero-order valence-electron chi connectivity index (χ0n) is 15.8. The van der Waals surface area contributed by atoms with E-state index < -0.39 is 12.0 Å². The molecule has 0 spiro atoms. The Balaban J connectivity index is 1.92. The largest absolute Gasteiger partial charge is 0.508 e. The van der Waals surface area contributed by atoms with Crippen molar-refractivity contribution >= 4 is 11.9 Å². The number of aromatic hydroxyl groups is 1. The third-order valence-corrected chi connectivity index (χ3v) is 4.98. The Morgan fingerprint density at radius 2 is 1.75 bits per heavy atom. The molecule has 0 saturated carbocycles. The van der Waals surface area contributed by atoms with Crippen LogP contribution in [0.25, 0.3) is 0 Å². The van der Waals surface area contributed by atoms with Crippen LogP contribution in [-0.4, -0.2) is 47.8 Å². The number of fused-ring (bicyclic) bond motifs is 1. The van der Waals surface area contributed by atoms with Gasteiger partial charge in [-0.15, -0.1) is 0 Å². The number of carbonyl (C=O) groups is 2. The second kappa shape index (κ2) is 8.21. The minimum atomic E-state index is -0.977. The average Bonchev–Trinajstić information content (AvgIpc) is 2.68. The van der Waals surface area contributed by atoms with Gasteiger partial charge in [0.15, 0.2) is 11.5 Å². The Morgan fingerprint density at radius 1 is 1.11 bits per heavy atom. The number of methoxy groups -OCH3 is 2. The standard InChI is InChI=1S/C21H23NO6/c1-27-18-10-14-7-8-22(20(24)9-13-3-5-15(23)6-4-13)17(12-21(25)26)16(14)11-19(18)28-2/h3-6,10-11,17,23H,7-9,12H2,1-2H3,(H,25,26). The van der Waals surface area contributed by atoms with Gasteiger partial charge in [-0.05, 0) is 47.4 Å². The van der Waals surface area contributed by atoms with Gasteiger partial charge in [-0.2, -0.15) is 0 Å². The summed E-state index contributed by atoms with van der Waals surface area (Å²) < 4.78 is 10.7. The van der Waals surface area contributed by atoms with Crippen molar-refractivity contribution in [2.75, 3.05) is 20.8 Å². The van der Waals surface area contributed by atoms with E-state index in [1.807, 2.05) is 6.07 Å². The quantitative estimate of drug-likeness (QED) is 0.793. The maximum atomic E-state index is 12.9. The highest BCUT2D eigenvalue weighted by atomic mass is 16.5. The van der Waals surface area contributed by atoms with Gasteiger partial charge in [-0.1, -0.05) is 12.1 Å². The number of nitrogens with zero attached hydrogens (tertiary/aromatic N) is 1. The molecule has 0 saturated heterocycles. The molecule has 0 aliphatic carbocycles. The van der Waals surface area contributed by atoms with E-state index in [1.54, 1.807) is 30.2 Å². The number of hydrogen-bond acceptors (Lipinski definition) is 5. The summed E-state index contributed by atoms with van der Waals surface area (Å²) in [6.07, 6.45) is 0.552. The molecule has 1 aliphatic heterocycles. The van der Waals surface area contributed by atoms with Crippen LogP contribution in [0.5, 0.6) is 17.2 Å². The van der Waals surface area contributed by atoms with Gasteiger partial charge in [-0.25, -0.2) is 0 Å². The third kappa shape index (κ3) is 4.03. The lowest BCUT2D eigenvalue weighted by Gasteiger charge is -2.37. The smallest absolute Gasteiger partial charge is 0.305 e. The first-order valence-corrected chi connectivity index (χ1v) is 8.97. The van der Waals surface area contributed by atoms with E-state index in [9.17, 15) is 19.8 Å². The Morgan fingerprint density at radius 3 is 2.36 bits per heavy atom. The van der Waals surface area contributed by atoms with E-state index in [2.05, 4.69) is 0 Å². The predicted molar refractivity (Wildman–Crippen MR) is 102 cm³/mol. The molecule has 1 heterocycles. The lowest BCUT2D eigenvalue weighted by atomic mass is 9.89. The maximum absolute atomic E-state index is 12.9. The van der Waals surface area contributed by atoms with E-state index in [-0.39, 0.29) is 24.5 Å². The molecule has 1 aliphatic rings. The molecule has 1 unspecified atom stereocenters. The molecule has 7 heteroatoms. The van der Waals surface area contributed by atoms with Crippen LogP contribution in [0.4, 0.5) is 0 Å². The number of ether oxygens (including phenoxy) is 2. The Labute approximate surface area is 163 Å². The summed E-state index contributed by atoms with van der Waals surface area (Å²) in [4.78, 5) is 26.1. The first kappa shape index (κ1) is 19.5. The maximum Gasteiger partial charge on any atom is 0.305 e. The zero-order valence-corrected chi connectivity index (χ0v) is 15.8. The molecule has 2 N–H and O–H groups in total. The number of carboxylic acids is 1. The zero-order chi connectivity index (χ0) is 20.3. The number of hydrogen-bond donors (Lipinski definition) is 2. The van der Waals surface area contributed by atoms with Crippen LogP contribution >= 0.6 is 0 Å². The summed E-state index contributed by atoms with van der Waals surface area (Å²) in [5.74, 6) is 0.0870.